The van der Waals surface area contributed by atoms with Crippen molar-refractivity contribution in [3.05, 3.63) is 34.7 Å². The van der Waals surface area contributed by atoms with E-state index < -0.39 is 0 Å². The van der Waals surface area contributed by atoms with Gasteiger partial charge in [0.2, 0.25) is 5.56 Å². The average Bonchev–Trinajstić information content (AvgIpc) is 2.46. The smallest absolute Gasteiger partial charge is 0.250 e. The van der Waals surface area contributed by atoms with Gasteiger partial charge in [-0.3, -0.25) is 9.79 Å². The van der Waals surface area contributed by atoms with Crippen molar-refractivity contribution >= 4 is 5.96 Å². The van der Waals surface area contributed by atoms with Gasteiger partial charge in [-0.2, -0.15) is 0 Å². The minimum Gasteiger partial charge on any atom is -0.356 e. The molecule has 0 amide bonds. The minimum atomic E-state index is 0.0663. The van der Waals surface area contributed by atoms with Gasteiger partial charge >= 0.3 is 0 Å². The highest BCUT2D eigenvalue weighted by molar-refractivity contribution is 5.79. The lowest BCUT2D eigenvalue weighted by Gasteiger charge is -2.13. The van der Waals surface area contributed by atoms with Crippen molar-refractivity contribution in [2.24, 2.45) is 10.9 Å². The van der Waals surface area contributed by atoms with Gasteiger partial charge in [-0.25, -0.2) is 0 Å². The van der Waals surface area contributed by atoms with Crippen LogP contribution in [-0.2, 0) is 6.54 Å². The first-order chi connectivity index (χ1) is 10.1. The predicted octanol–water partition coefficient (Wildman–Crippen LogP) is 1.84. The molecule has 1 rings (SSSR count). The molecule has 0 spiro atoms. The average molecular weight is 292 g/mol. The molecule has 0 saturated carbocycles. The van der Waals surface area contributed by atoms with Gasteiger partial charge < -0.3 is 15.2 Å². The number of pyridine rings is 1. The van der Waals surface area contributed by atoms with Gasteiger partial charge in [0.05, 0.1) is 0 Å². The van der Waals surface area contributed by atoms with Crippen LogP contribution in [0.3, 0.4) is 0 Å². The van der Waals surface area contributed by atoms with Crippen LogP contribution in [0.2, 0.25) is 0 Å². The van der Waals surface area contributed by atoms with Crippen LogP contribution >= 0.6 is 0 Å². The Labute approximate surface area is 127 Å². The fourth-order valence-corrected chi connectivity index (χ4v) is 1.96. The SMILES string of the molecule is CN=C(NCCCCn1ccccc1=O)NCCC(C)C. The zero-order valence-electron chi connectivity index (χ0n) is 13.4. The van der Waals surface area contributed by atoms with Gasteiger partial charge in [-0.05, 0) is 31.2 Å². The monoisotopic (exact) mass is 292 g/mol. The van der Waals surface area contributed by atoms with Crippen molar-refractivity contribution < 1.29 is 0 Å². The number of aryl methyl sites for hydroxylation is 1. The lowest BCUT2D eigenvalue weighted by Crippen LogP contribution is -2.38. The number of hydrogen-bond donors (Lipinski definition) is 2. The number of guanidine groups is 1. The summed E-state index contributed by atoms with van der Waals surface area (Å²) in [5.74, 6) is 1.55. The second kappa shape index (κ2) is 10.0. The number of nitrogens with one attached hydrogen (secondary N) is 2. The highest BCUT2D eigenvalue weighted by atomic mass is 16.1. The first-order valence-electron chi connectivity index (χ1n) is 7.73. The largest absolute Gasteiger partial charge is 0.356 e. The minimum absolute atomic E-state index is 0.0663. The molecule has 0 bridgehead atoms. The molecule has 0 fully saturated rings. The summed E-state index contributed by atoms with van der Waals surface area (Å²) < 4.78 is 1.75. The van der Waals surface area contributed by atoms with Crippen molar-refractivity contribution in [3.8, 4) is 0 Å². The van der Waals surface area contributed by atoms with E-state index in [1.54, 1.807) is 23.7 Å². The van der Waals surface area contributed by atoms with Crippen LogP contribution in [0.5, 0.6) is 0 Å². The summed E-state index contributed by atoms with van der Waals surface area (Å²) in [7, 11) is 1.79. The maximum absolute atomic E-state index is 11.5. The van der Waals surface area contributed by atoms with Crippen molar-refractivity contribution in [3.63, 3.8) is 0 Å². The number of aromatic nitrogens is 1. The fourth-order valence-electron chi connectivity index (χ4n) is 1.96. The summed E-state index contributed by atoms with van der Waals surface area (Å²) in [6.45, 7) is 6.99. The molecule has 118 valence electrons. The van der Waals surface area contributed by atoms with Gasteiger partial charge in [0.25, 0.3) is 0 Å². The zero-order chi connectivity index (χ0) is 15.5. The second-order valence-corrected chi connectivity index (χ2v) is 5.55. The van der Waals surface area contributed by atoms with Gasteiger partial charge in [0.1, 0.15) is 0 Å². The van der Waals surface area contributed by atoms with Gasteiger partial charge in [0.15, 0.2) is 5.96 Å². The summed E-state index contributed by atoms with van der Waals surface area (Å²) >= 11 is 0. The molecule has 1 aromatic heterocycles. The van der Waals surface area contributed by atoms with E-state index in [4.69, 9.17) is 0 Å². The summed E-state index contributed by atoms with van der Waals surface area (Å²) in [6, 6.07) is 5.26. The second-order valence-electron chi connectivity index (χ2n) is 5.55. The Kier molecular flexibility index (Phi) is 8.24. The summed E-state index contributed by atoms with van der Waals surface area (Å²) in [6.07, 6.45) is 4.95. The maximum atomic E-state index is 11.5. The molecule has 2 N–H and O–H groups in total. The topological polar surface area (TPSA) is 58.4 Å². The van der Waals surface area contributed by atoms with Crippen LogP contribution in [0.15, 0.2) is 34.2 Å². The van der Waals surface area contributed by atoms with Crippen molar-refractivity contribution in [1.29, 1.82) is 0 Å². The van der Waals surface area contributed by atoms with Gasteiger partial charge in [-0.15, -0.1) is 0 Å². The summed E-state index contributed by atoms with van der Waals surface area (Å²) in [4.78, 5) is 15.7. The van der Waals surface area contributed by atoms with E-state index in [1.165, 1.54) is 0 Å². The Morgan fingerprint density at radius 2 is 2.00 bits per heavy atom. The predicted molar refractivity (Wildman–Crippen MR) is 88.8 cm³/mol. The zero-order valence-corrected chi connectivity index (χ0v) is 13.4. The van der Waals surface area contributed by atoms with Crippen LogP contribution in [0.25, 0.3) is 0 Å². The Morgan fingerprint density at radius 1 is 1.24 bits per heavy atom. The molecule has 0 radical (unpaired) electrons. The van der Waals surface area contributed by atoms with E-state index in [-0.39, 0.29) is 5.56 Å². The number of rotatable bonds is 8. The molecular formula is C16H28N4O. The molecule has 1 aromatic rings. The summed E-state index contributed by atoms with van der Waals surface area (Å²) in [5, 5.41) is 6.60. The molecule has 0 aromatic carbocycles. The van der Waals surface area contributed by atoms with E-state index >= 15 is 0 Å². The highest BCUT2D eigenvalue weighted by Gasteiger charge is 1.99. The molecule has 0 saturated heterocycles. The Bertz CT molecular complexity index is 479. The number of hydrogen-bond acceptors (Lipinski definition) is 2. The highest BCUT2D eigenvalue weighted by Crippen LogP contribution is 1.96. The van der Waals surface area contributed by atoms with Crippen LogP contribution in [0.1, 0.15) is 33.1 Å². The van der Waals surface area contributed by atoms with Crippen molar-refractivity contribution in [2.45, 2.75) is 39.7 Å². The standard InChI is InChI=1S/C16H28N4O/c1-14(2)9-11-19-16(17-3)18-10-5-7-13-20-12-6-4-8-15(20)21/h4,6,8,12,14H,5,7,9-11,13H2,1-3H3,(H2,17,18,19). The van der Waals surface area contributed by atoms with Crippen LogP contribution in [0.4, 0.5) is 0 Å². The molecular weight excluding hydrogens is 264 g/mol. The molecule has 0 aliphatic carbocycles. The summed E-state index contributed by atoms with van der Waals surface area (Å²) in [5.41, 5.74) is 0.0663. The quantitative estimate of drug-likeness (QED) is 0.437. The molecule has 5 nitrogen and oxygen atoms in total. The fraction of sp³-hybridized carbons (Fsp3) is 0.625. The Balaban J connectivity index is 2.15. The third-order valence-electron chi connectivity index (χ3n) is 3.25. The first-order valence-corrected chi connectivity index (χ1v) is 7.73. The lowest BCUT2D eigenvalue weighted by molar-refractivity contribution is 0.566. The third kappa shape index (κ3) is 7.54. The molecule has 1 heterocycles. The first kappa shape index (κ1) is 17.3. The van der Waals surface area contributed by atoms with Crippen LogP contribution < -0.4 is 16.2 Å². The van der Waals surface area contributed by atoms with E-state index in [0.29, 0.717) is 5.92 Å². The Morgan fingerprint density at radius 3 is 2.67 bits per heavy atom. The van der Waals surface area contributed by atoms with Crippen LogP contribution in [0, 0.1) is 5.92 Å². The molecule has 21 heavy (non-hydrogen) atoms. The lowest BCUT2D eigenvalue weighted by atomic mass is 10.1. The molecule has 0 aliphatic rings. The van der Waals surface area contributed by atoms with Gasteiger partial charge in [0, 0.05) is 38.9 Å². The van der Waals surface area contributed by atoms with E-state index in [1.807, 2.05) is 12.3 Å². The molecule has 0 atom stereocenters. The molecule has 0 unspecified atom stereocenters. The van der Waals surface area contributed by atoms with Crippen molar-refractivity contribution in [2.75, 3.05) is 20.1 Å². The Hall–Kier alpha value is -1.78. The molecule has 5 heteroatoms. The maximum Gasteiger partial charge on any atom is 0.250 e. The normalized spacial score (nSPS) is 11.7. The third-order valence-corrected chi connectivity index (χ3v) is 3.25. The van der Waals surface area contributed by atoms with E-state index in [0.717, 1.165) is 44.9 Å². The van der Waals surface area contributed by atoms with Crippen molar-refractivity contribution in [1.82, 2.24) is 15.2 Å². The molecule has 0 aliphatic heterocycles. The number of aliphatic imine (C=N–C) groups is 1. The van der Waals surface area contributed by atoms with Gasteiger partial charge in [-0.1, -0.05) is 19.9 Å². The van der Waals surface area contributed by atoms with E-state index in [9.17, 15) is 4.79 Å². The van der Waals surface area contributed by atoms with E-state index in [2.05, 4.69) is 29.5 Å². The van der Waals surface area contributed by atoms with Crippen LogP contribution in [-0.4, -0.2) is 30.7 Å². The number of nitrogens with zero attached hydrogens (tertiary/aromatic N) is 2. The number of unbranched alkanes of at least 4 members (excludes halogenated alkanes) is 1.